The van der Waals surface area contributed by atoms with Crippen molar-refractivity contribution in [3.8, 4) is 0 Å². The first-order chi connectivity index (χ1) is 4.68. The number of hydrazine groups is 1. The van der Waals surface area contributed by atoms with Crippen molar-refractivity contribution in [1.29, 1.82) is 0 Å². The van der Waals surface area contributed by atoms with E-state index in [-0.39, 0.29) is 5.92 Å². The number of aliphatic carboxylic acids is 1. The van der Waals surface area contributed by atoms with Gasteiger partial charge >= 0.3 is 5.97 Å². The average Bonchev–Trinajstić information content (AvgIpc) is 1.88. The van der Waals surface area contributed by atoms with Gasteiger partial charge in [-0.25, -0.2) is 0 Å². The summed E-state index contributed by atoms with van der Waals surface area (Å²) in [7, 11) is 0. The van der Waals surface area contributed by atoms with Crippen LogP contribution in [0, 0.1) is 5.92 Å². The number of rotatable bonds is 5. The van der Waals surface area contributed by atoms with Crippen LogP contribution in [0.1, 0.15) is 19.8 Å². The monoisotopic (exact) mass is 146 g/mol. The lowest BCUT2D eigenvalue weighted by Crippen LogP contribution is -2.23. The van der Waals surface area contributed by atoms with Gasteiger partial charge in [0, 0.05) is 6.54 Å². The van der Waals surface area contributed by atoms with Crippen LogP contribution in [0.2, 0.25) is 0 Å². The summed E-state index contributed by atoms with van der Waals surface area (Å²) in [5, 5.41) is 8.43. The third-order valence-corrected chi connectivity index (χ3v) is 1.38. The molecule has 1 atom stereocenters. The van der Waals surface area contributed by atoms with Crippen LogP contribution in [0.4, 0.5) is 0 Å². The van der Waals surface area contributed by atoms with E-state index in [9.17, 15) is 4.79 Å². The second kappa shape index (κ2) is 5.20. The van der Waals surface area contributed by atoms with Gasteiger partial charge in [0.15, 0.2) is 0 Å². The van der Waals surface area contributed by atoms with Crippen LogP contribution < -0.4 is 11.3 Å². The van der Waals surface area contributed by atoms with Crippen LogP contribution >= 0.6 is 0 Å². The number of carboxylic acid groups (broad SMARTS) is 1. The molecular formula is C6H14N2O2. The highest BCUT2D eigenvalue weighted by Crippen LogP contribution is 2.03. The lowest BCUT2D eigenvalue weighted by molar-refractivity contribution is -0.141. The summed E-state index contributed by atoms with van der Waals surface area (Å²) in [6.07, 6.45) is 1.49. The number of hydrogen-bond acceptors (Lipinski definition) is 3. The summed E-state index contributed by atoms with van der Waals surface area (Å²) in [5.41, 5.74) is 2.47. The largest absolute Gasteiger partial charge is 0.481 e. The second-order valence-corrected chi connectivity index (χ2v) is 2.34. The molecule has 0 aliphatic heterocycles. The van der Waals surface area contributed by atoms with Gasteiger partial charge < -0.3 is 5.11 Å². The zero-order valence-electron chi connectivity index (χ0n) is 6.13. The van der Waals surface area contributed by atoms with E-state index < -0.39 is 5.97 Å². The maximum Gasteiger partial charge on any atom is 0.306 e. The molecule has 0 spiro atoms. The SMILES string of the molecule is CC(CCCNN)C(=O)O. The normalized spacial score (nSPS) is 13.0. The van der Waals surface area contributed by atoms with Crippen molar-refractivity contribution in [3.63, 3.8) is 0 Å². The molecule has 0 radical (unpaired) electrons. The van der Waals surface area contributed by atoms with Crippen LogP contribution in [0.25, 0.3) is 0 Å². The van der Waals surface area contributed by atoms with Gasteiger partial charge in [-0.1, -0.05) is 6.92 Å². The Labute approximate surface area is 60.4 Å². The molecule has 0 heterocycles. The molecule has 0 saturated carbocycles. The van der Waals surface area contributed by atoms with Gasteiger partial charge in [-0.15, -0.1) is 0 Å². The van der Waals surface area contributed by atoms with Crippen LogP contribution in [-0.4, -0.2) is 17.6 Å². The maximum absolute atomic E-state index is 10.2. The van der Waals surface area contributed by atoms with Crippen LogP contribution in [0.3, 0.4) is 0 Å². The van der Waals surface area contributed by atoms with E-state index in [1.807, 2.05) is 0 Å². The molecule has 0 aromatic carbocycles. The van der Waals surface area contributed by atoms with E-state index in [1.54, 1.807) is 6.92 Å². The van der Waals surface area contributed by atoms with Crippen LogP contribution in [0.15, 0.2) is 0 Å². The van der Waals surface area contributed by atoms with E-state index in [0.717, 1.165) is 6.42 Å². The van der Waals surface area contributed by atoms with E-state index >= 15 is 0 Å². The lowest BCUT2D eigenvalue weighted by atomic mass is 10.1. The highest BCUT2D eigenvalue weighted by Gasteiger charge is 2.08. The van der Waals surface area contributed by atoms with Gasteiger partial charge in [0.1, 0.15) is 0 Å². The molecule has 10 heavy (non-hydrogen) atoms. The minimum Gasteiger partial charge on any atom is -0.481 e. The summed E-state index contributed by atoms with van der Waals surface area (Å²) in [4.78, 5) is 10.2. The molecule has 0 fully saturated rings. The summed E-state index contributed by atoms with van der Waals surface area (Å²) in [5.74, 6) is 4.00. The number of hydrogen-bond donors (Lipinski definition) is 3. The Bertz CT molecular complexity index is 106. The number of nitrogens with one attached hydrogen (secondary N) is 1. The van der Waals surface area contributed by atoms with E-state index in [0.29, 0.717) is 13.0 Å². The predicted octanol–water partition coefficient (Wildman–Crippen LogP) is -0.0494. The van der Waals surface area contributed by atoms with Crippen molar-refractivity contribution in [2.45, 2.75) is 19.8 Å². The van der Waals surface area contributed by atoms with E-state index in [4.69, 9.17) is 10.9 Å². The number of carbonyl (C=O) groups is 1. The summed E-state index contributed by atoms with van der Waals surface area (Å²) < 4.78 is 0. The summed E-state index contributed by atoms with van der Waals surface area (Å²) in [6, 6.07) is 0. The second-order valence-electron chi connectivity index (χ2n) is 2.34. The highest BCUT2D eigenvalue weighted by atomic mass is 16.4. The van der Waals surface area contributed by atoms with E-state index in [1.165, 1.54) is 0 Å². The van der Waals surface area contributed by atoms with Crippen LogP contribution in [-0.2, 0) is 4.79 Å². The van der Waals surface area contributed by atoms with E-state index in [2.05, 4.69) is 5.43 Å². The fourth-order valence-electron chi connectivity index (χ4n) is 0.634. The Kier molecular flexibility index (Phi) is 4.88. The minimum absolute atomic E-state index is 0.256. The first-order valence-corrected chi connectivity index (χ1v) is 3.34. The summed E-state index contributed by atoms with van der Waals surface area (Å²) in [6.45, 7) is 2.37. The Morgan fingerprint density at radius 1 is 1.80 bits per heavy atom. The maximum atomic E-state index is 10.2. The third-order valence-electron chi connectivity index (χ3n) is 1.38. The fourth-order valence-corrected chi connectivity index (χ4v) is 0.634. The number of nitrogens with two attached hydrogens (primary N) is 1. The minimum atomic E-state index is -0.739. The topological polar surface area (TPSA) is 75.3 Å². The smallest absolute Gasteiger partial charge is 0.306 e. The molecule has 1 unspecified atom stereocenters. The summed E-state index contributed by atoms with van der Waals surface area (Å²) >= 11 is 0. The Balaban J connectivity index is 3.21. The molecule has 4 heteroatoms. The molecule has 0 saturated heterocycles. The molecular weight excluding hydrogens is 132 g/mol. The van der Waals surface area contributed by atoms with Crippen LogP contribution in [0.5, 0.6) is 0 Å². The van der Waals surface area contributed by atoms with Gasteiger partial charge in [0.2, 0.25) is 0 Å². The van der Waals surface area contributed by atoms with Crippen molar-refractivity contribution < 1.29 is 9.90 Å². The molecule has 4 nitrogen and oxygen atoms in total. The van der Waals surface area contributed by atoms with Crippen molar-refractivity contribution in [2.24, 2.45) is 11.8 Å². The molecule has 0 aromatic heterocycles. The molecule has 0 bridgehead atoms. The first-order valence-electron chi connectivity index (χ1n) is 3.34. The fraction of sp³-hybridized carbons (Fsp3) is 0.833. The van der Waals surface area contributed by atoms with Gasteiger partial charge in [-0.05, 0) is 12.8 Å². The highest BCUT2D eigenvalue weighted by molar-refractivity contribution is 5.69. The Hall–Kier alpha value is -0.610. The first kappa shape index (κ1) is 9.39. The van der Waals surface area contributed by atoms with Crippen molar-refractivity contribution >= 4 is 5.97 Å². The molecule has 0 rings (SSSR count). The lowest BCUT2D eigenvalue weighted by Gasteiger charge is -2.03. The molecule has 60 valence electrons. The zero-order chi connectivity index (χ0) is 7.98. The van der Waals surface area contributed by atoms with Gasteiger partial charge in [-0.3, -0.25) is 16.1 Å². The van der Waals surface area contributed by atoms with Gasteiger partial charge in [-0.2, -0.15) is 0 Å². The van der Waals surface area contributed by atoms with Gasteiger partial charge in [0.05, 0.1) is 5.92 Å². The molecule has 0 aliphatic rings. The predicted molar refractivity (Wildman–Crippen MR) is 38.2 cm³/mol. The number of carboxylic acids is 1. The van der Waals surface area contributed by atoms with Crippen molar-refractivity contribution in [3.05, 3.63) is 0 Å². The average molecular weight is 146 g/mol. The van der Waals surface area contributed by atoms with Gasteiger partial charge in [0.25, 0.3) is 0 Å². The van der Waals surface area contributed by atoms with Crippen molar-refractivity contribution in [2.75, 3.05) is 6.54 Å². The molecule has 0 amide bonds. The Morgan fingerprint density at radius 3 is 2.80 bits per heavy atom. The molecule has 0 aromatic rings. The standard InChI is InChI=1S/C6H14N2O2/c1-5(6(9)10)3-2-4-8-7/h5,8H,2-4,7H2,1H3,(H,9,10). The van der Waals surface area contributed by atoms with Crippen molar-refractivity contribution in [1.82, 2.24) is 5.43 Å². The molecule has 4 N–H and O–H groups in total. The Morgan fingerprint density at radius 2 is 2.40 bits per heavy atom. The zero-order valence-corrected chi connectivity index (χ0v) is 6.13. The molecule has 0 aliphatic carbocycles. The quantitative estimate of drug-likeness (QED) is 0.289. The third kappa shape index (κ3) is 4.29.